The average Bonchev–Trinajstić information content (AvgIpc) is 3.10. The lowest BCUT2D eigenvalue weighted by atomic mass is 10.2. The molecule has 0 aliphatic heterocycles. The van der Waals surface area contributed by atoms with Gasteiger partial charge in [0.05, 0.1) is 6.54 Å². The molecule has 0 radical (unpaired) electrons. The van der Waals surface area contributed by atoms with Crippen LogP contribution in [0.4, 0.5) is 5.69 Å². The summed E-state index contributed by atoms with van der Waals surface area (Å²) in [5.74, 6) is 0. The van der Waals surface area contributed by atoms with E-state index < -0.39 is 0 Å². The van der Waals surface area contributed by atoms with E-state index in [-0.39, 0.29) is 0 Å². The Morgan fingerprint density at radius 2 is 2.06 bits per heavy atom. The maximum absolute atomic E-state index is 4.30. The number of benzene rings is 1. The summed E-state index contributed by atoms with van der Waals surface area (Å²) in [5.41, 5.74) is 3.46. The van der Waals surface area contributed by atoms with Crippen LogP contribution in [0.3, 0.4) is 0 Å². The van der Waals surface area contributed by atoms with Crippen LogP contribution < -0.4 is 5.32 Å². The van der Waals surface area contributed by atoms with Gasteiger partial charge in [-0.05, 0) is 36.4 Å². The largest absolute Gasteiger partial charge is 0.379 e. The van der Waals surface area contributed by atoms with Crippen molar-refractivity contribution < 1.29 is 0 Å². The van der Waals surface area contributed by atoms with Crippen LogP contribution in [0.25, 0.3) is 10.6 Å². The third-order valence-electron chi connectivity index (χ3n) is 2.71. The summed E-state index contributed by atoms with van der Waals surface area (Å²) in [6.45, 7) is 0.809. The second kappa shape index (κ2) is 5.06. The van der Waals surface area contributed by atoms with Gasteiger partial charge in [0.25, 0.3) is 0 Å². The van der Waals surface area contributed by atoms with Crippen molar-refractivity contribution in [2.75, 3.05) is 5.32 Å². The standard InChI is InChI=1S/C14H13N3S/c1-2-13(15-7-1)10-17-12-5-3-11(4-6-12)14-16-8-9-18-14/h1-9,15,17H,10H2. The van der Waals surface area contributed by atoms with Gasteiger partial charge in [-0.1, -0.05) is 0 Å². The van der Waals surface area contributed by atoms with Crippen molar-refractivity contribution in [2.45, 2.75) is 6.54 Å². The van der Waals surface area contributed by atoms with Gasteiger partial charge in [0.2, 0.25) is 0 Å². The van der Waals surface area contributed by atoms with E-state index in [0.717, 1.165) is 22.8 Å². The van der Waals surface area contributed by atoms with Crippen molar-refractivity contribution in [1.29, 1.82) is 0 Å². The number of H-pyrrole nitrogens is 1. The minimum Gasteiger partial charge on any atom is -0.379 e. The summed E-state index contributed by atoms with van der Waals surface area (Å²) < 4.78 is 0. The monoisotopic (exact) mass is 255 g/mol. The van der Waals surface area contributed by atoms with E-state index in [2.05, 4.69) is 45.6 Å². The van der Waals surface area contributed by atoms with Gasteiger partial charge < -0.3 is 10.3 Å². The maximum atomic E-state index is 4.30. The van der Waals surface area contributed by atoms with Crippen LogP contribution in [0.15, 0.2) is 54.2 Å². The lowest BCUT2D eigenvalue weighted by Crippen LogP contribution is -1.99. The van der Waals surface area contributed by atoms with Crippen molar-refractivity contribution in [3.8, 4) is 10.6 Å². The van der Waals surface area contributed by atoms with E-state index in [1.165, 1.54) is 5.69 Å². The molecule has 0 saturated carbocycles. The first-order valence-electron chi connectivity index (χ1n) is 5.78. The topological polar surface area (TPSA) is 40.7 Å². The smallest absolute Gasteiger partial charge is 0.123 e. The van der Waals surface area contributed by atoms with Gasteiger partial charge in [0.15, 0.2) is 0 Å². The number of aromatic amines is 1. The number of nitrogens with zero attached hydrogens (tertiary/aromatic N) is 1. The number of hydrogen-bond acceptors (Lipinski definition) is 3. The Hall–Kier alpha value is -2.07. The fourth-order valence-electron chi connectivity index (χ4n) is 1.77. The van der Waals surface area contributed by atoms with E-state index in [9.17, 15) is 0 Å². The molecular weight excluding hydrogens is 242 g/mol. The van der Waals surface area contributed by atoms with Gasteiger partial charge in [0, 0.05) is 34.7 Å². The molecule has 1 aromatic carbocycles. The number of thiazole rings is 1. The van der Waals surface area contributed by atoms with E-state index in [1.54, 1.807) is 11.3 Å². The average molecular weight is 255 g/mol. The number of aromatic nitrogens is 2. The Labute approximate surface area is 110 Å². The minimum absolute atomic E-state index is 0.809. The Bertz CT molecular complexity index is 583. The molecule has 0 aliphatic rings. The quantitative estimate of drug-likeness (QED) is 0.745. The number of nitrogens with one attached hydrogen (secondary N) is 2. The Balaban J connectivity index is 1.68. The zero-order valence-corrected chi connectivity index (χ0v) is 10.6. The SMILES string of the molecule is c1c[nH]c(CNc2ccc(-c3nccs3)cc2)c1. The summed E-state index contributed by atoms with van der Waals surface area (Å²) in [4.78, 5) is 7.47. The van der Waals surface area contributed by atoms with Crippen LogP contribution in [0.2, 0.25) is 0 Å². The Kier molecular flexibility index (Phi) is 3.10. The highest BCUT2D eigenvalue weighted by atomic mass is 32.1. The van der Waals surface area contributed by atoms with Gasteiger partial charge in [-0.15, -0.1) is 11.3 Å². The number of hydrogen-bond donors (Lipinski definition) is 2. The Morgan fingerprint density at radius 1 is 1.17 bits per heavy atom. The molecule has 18 heavy (non-hydrogen) atoms. The minimum atomic E-state index is 0.809. The molecule has 0 bridgehead atoms. The molecule has 3 rings (SSSR count). The van der Waals surface area contributed by atoms with Crippen LogP contribution in [0, 0.1) is 0 Å². The van der Waals surface area contributed by atoms with E-state index >= 15 is 0 Å². The summed E-state index contributed by atoms with van der Waals surface area (Å²) in [7, 11) is 0. The van der Waals surface area contributed by atoms with Gasteiger partial charge in [-0.25, -0.2) is 4.98 Å². The fraction of sp³-hybridized carbons (Fsp3) is 0.0714. The molecule has 2 heterocycles. The molecule has 2 aromatic heterocycles. The highest BCUT2D eigenvalue weighted by molar-refractivity contribution is 7.13. The predicted octanol–water partition coefficient (Wildman–Crippen LogP) is 3.75. The molecule has 2 N–H and O–H groups in total. The summed E-state index contributed by atoms with van der Waals surface area (Å²) in [6.07, 6.45) is 3.76. The first-order valence-corrected chi connectivity index (χ1v) is 6.66. The summed E-state index contributed by atoms with van der Waals surface area (Å²) >= 11 is 1.66. The van der Waals surface area contributed by atoms with Crippen molar-refractivity contribution in [1.82, 2.24) is 9.97 Å². The van der Waals surface area contributed by atoms with Crippen LogP contribution >= 0.6 is 11.3 Å². The molecule has 3 aromatic rings. The van der Waals surface area contributed by atoms with E-state index in [1.807, 2.05) is 23.8 Å². The third kappa shape index (κ3) is 2.43. The molecule has 4 heteroatoms. The molecular formula is C14H13N3S. The van der Waals surface area contributed by atoms with Gasteiger partial charge in [-0.3, -0.25) is 0 Å². The van der Waals surface area contributed by atoms with Crippen LogP contribution in [-0.4, -0.2) is 9.97 Å². The molecule has 0 aliphatic carbocycles. The van der Waals surface area contributed by atoms with Gasteiger partial charge in [-0.2, -0.15) is 0 Å². The van der Waals surface area contributed by atoms with Crippen LogP contribution in [0.5, 0.6) is 0 Å². The van der Waals surface area contributed by atoms with Crippen LogP contribution in [-0.2, 0) is 6.54 Å². The maximum Gasteiger partial charge on any atom is 0.123 e. The second-order valence-electron chi connectivity index (χ2n) is 3.96. The molecule has 3 nitrogen and oxygen atoms in total. The molecule has 0 spiro atoms. The third-order valence-corrected chi connectivity index (χ3v) is 3.53. The van der Waals surface area contributed by atoms with E-state index in [4.69, 9.17) is 0 Å². The predicted molar refractivity (Wildman–Crippen MR) is 75.7 cm³/mol. The molecule has 0 atom stereocenters. The second-order valence-corrected chi connectivity index (χ2v) is 4.86. The lowest BCUT2D eigenvalue weighted by molar-refractivity contribution is 1.07. The number of anilines is 1. The lowest BCUT2D eigenvalue weighted by Gasteiger charge is -2.05. The normalized spacial score (nSPS) is 10.4. The molecule has 0 amide bonds. The van der Waals surface area contributed by atoms with Crippen molar-refractivity contribution in [3.05, 3.63) is 59.9 Å². The highest BCUT2D eigenvalue weighted by Gasteiger charge is 2.00. The van der Waals surface area contributed by atoms with Gasteiger partial charge >= 0.3 is 0 Å². The van der Waals surface area contributed by atoms with Gasteiger partial charge in [0.1, 0.15) is 5.01 Å². The van der Waals surface area contributed by atoms with Crippen molar-refractivity contribution in [2.24, 2.45) is 0 Å². The van der Waals surface area contributed by atoms with Crippen LogP contribution in [0.1, 0.15) is 5.69 Å². The Morgan fingerprint density at radius 3 is 2.72 bits per heavy atom. The number of rotatable bonds is 4. The fourth-order valence-corrected chi connectivity index (χ4v) is 2.42. The zero-order chi connectivity index (χ0) is 12.2. The molecule has 90 valence electrons. The molecule has 0 fully saturated rings. The summed E-state index contributed by atoms with van der Waals surface area (Å²) in [6, 6.07) is 12.4. The van der Waals surface area contributed by atoms with Crippen molar-refractivity contribution in [3.63, 3.8) is 0 Å². The van der Waals surface area contributed by atoms with E-state index in [0.29, 0.717) is 0 Å². The summed E-state index contributed by atoms with van der Waals surface area (Å²) in [5, 5.41) is 6.43. The molecule has 0 saturated heterocycles. The first-order chi connectivity index (χ1) is 8.92. The van der Waals surface area contributed by atoms with Crippen molar-refractivity contribution >= 4 is 17.0 Å². The first kappa shape index (κ1) is 11.0. The molecule has 0 unspecified atom stereocenters. The highest BCUT2D eigenvalue weighted by Crippen LogP contribution is 2.23. The zero-order valence-electron chi connectivity index (χ0n) is 9.76.